The molecule has 0 bridgehead atoms. The van der Waals surface area contributed by atoms with Crippen molar-refractivity contribution in [3.63, 3.8) is 0 Å². The minimum atomic E-state index is -0.542. The maximum Gasteiger partial charge on any atom is 0.254 e. The molecule has 1 saturated carbocycles. The number of pyridine rings is 1. The number of amides is 2. The number of carbonyl (C=O) groups is 2. The topological polar surface area (TPSA) is 158 Å². The second-order valence-electron chi connectivity index (χ2n) is 15.9. The maximum atomic E-state index is 14.7. The number of hydrogen-bond acceptors (Lipinski definition) is 12. The average Bonchev–Trinajstić information content (AvgIpc) is 4.04. The van der Waals surface area contributed by atoms with Gasteiger partial charge in [-0.2, -0.15) is 0 Å². The summed E-state index contributed by atoms with van der Waals surface area (Å²) in [7, 11) is 0. The second-order valence-corrected chi connectivity index (χ2v) is 17.2. The van der Waals surface area contributed by atoms with E-state index in [1.807, 2.05) is 51.5 Å². The van der Waals surface area contributed by atoms with Gasteiger partial charge in [-0.15, -0.1) is 16.4 Å². The van der Waals surface area contributed by atoms with E-state index >= 15 is 0 Å². The number of rotatable bonds is 23. The highest BCUT2D eigenvalue weighted by molar-refractivity contribution is 7.13. The molecule has 330 valence electrons. The van der Waals surface area contributed by atoms with Crippen LogP contribution in [0.25, 0.3) is 0 Å². The number of carbonyl (C=O) groups excluding carboxylic acids is 2. The monoisotopic (exact) mass is 887 g/mol. The summed E-state index contributed by atoms with van der Waals surface area (Å²) in [5.74, 6) is 0.322. The number of nitrogens with zero attached hydrogens (tertiary/aromatic N) is 6. The van der Waals surface area contributed by atoms with Crippen LogP contribution in [0, 0.1) is 5.82 Å². The predicted octanol–water partition coefficient (Wildman–Crippen LogP) is 7.96. The zero-order valence-electron chi connectivity index (χ0n) is 35.3. The molecule has 0 saturated heterocycles. The minimum absolute atomic E-state index is 0.0406. The lowest BCUT2D eigenvalue weighted by Gasteiger charge is -2.38. The van der Waals surface area contributed by atoms with Gasteiger partial charge < -0.3 is 35.1 Å². The second kappa shape index (κ2) is 21.9. The third-order valence-electron chi connectivity index (χ3n) is 11.4. The summed E-state index contributed by atoms with van der Waals surface area (Å²) in [5, 5.41) is 21.4. The molecule has 4 heterocycles. The van der Waals surface area contributed by atoms with Gasteiger partial charge in [0.2, 0.25) is 5.91 Å². The molecule has 17 heteroatoms. The van der Waals surface area contributed by atoms with Crippen molar-refractivity contribution >= 4 is 51.4 Å². The summed E-state index contributed by atoms with van der Waals surface area (Å²) in [6, 6.07) is 16.5. The number of halogens is 2. The van der Waals surface area contributed by atoms with E-state index < -0.39 is 5.82 Å². The molecule has 1 unspecified atom stereocenters. The van der Waals surface area contributed by atoms with E-state index in [1.165, 1.54) is 17.4 Å². The normalized spacial score (nSPS) is 17.8. The van der Waals surface area contributed by atoms with Gasteiger partial charge in [0.15, 0.2) is 16.7 Å². The molecule has 1 fully saturated rings. The molecule has 62 heavy (non-hydrogen) atoms. The van der Waals surface area contributed by atoms with Crippen molar-refractivity contribution in [2.75, 3.05) is 50.2 Å². The highest BCUT2D eigenvalue weighted by Gasteiger charge is 2.41. The Balaban J connectivity index is 0.813. The summed E-state index contributed by atoms with van der Waals surface area (Å²) in [6.07, 6.45) is 9.42. The van der Waals surface area contributed by atoms with Crippen LogP contribution < -0.4 is 20.7 Å². The number of ether oxygens (including phenoxy) is 3. The molecular formula is C45H55ClFN9O5S. The van der Waals surface area contributed by atoms with Gasteiger partial charge in [-0.1, -0.05) is 42.3 Å². The first-order valence-electron chi connectivity index (χ1n) is 21.4. The van der Waals surface area contributed by atoms with Gasteiger partial charge in [0.25, 0.3) is 5.91 Å². The average molecular weight is 889 g/mol. The summed E-state index contributed by atoms with van der Waals surface area (Å²) >= 11 is 7.53. The fourth-order valence-corrected chi connectivity index (χ4v) is 8.81. The lowest BCUT2D eigenvalue weighted by molar-refractivity contribution is -0.116. The molecule has 0 spiro atoms. The van der Waals surface area contributed by atoms with Crippen molar-refractivity contribution in [3.8, 4) is 5.75 Å². The van der Waals surface area contributed by atoms with Gasteiger partial charge in [0.05, 0.1) is 49.8 Å². The fourth-order valence-electron chi connectivity index (χ4n) is 8.10. The first-order valence-corrected chi connectivity index (χ1v) is 22.7. The summed E-state index contributed by atoms with van der Waals surface area (Å²) in [5.41, 5.74) is 3.82. The Morgan fingerprint density at radius 3 is 2.69 bits per heavy atom. The van der Waals surface area contributed by atoms with Crippen LogP contribution in [-0.2, 0) is 39.2 Å². The largest absolute Gasteiger partial charge is 0.487 e. The minimum Gasteiger partial charge on any atom is -0.487 e. The van der Waals surface area contributed by atoms with Crippen LogP contribution in [0.1, 0.15) is 86.1 Å². The molecule has 2 amide bonds. The van der Waals surface area contributed by atoms with Gasteiger partial charge in [0.1, 0.15) is 5.82 Å². The number of benzene rings is 2. The number of anilines is 3. The van der Waals surface area contributed by atoms with E-state index in [9.17, 15) is 14.0 Å². The first kappa shape index (κ1) is 45.0. The van der Waals surface area contributed by atoms with Gasteiger partial charge in [-0.05, 0) is 87.1 Å². The molecule has 1 aliphatic heterocycles. The van der Waals surface area contributed by atoms with Gasteiger partial charge >= 0.3 is 0 Å². The molecular weight excluding hydrogens is 833 g/mol. The zero-order chi connectivity index (χ0) is 43.3. The van der Waals surface area contributed by atoms with Crippen molar-refractivity contribution < 1.29 is 28.2 Å². The van der Waals surface area contributed by atoms with Crippen LogP contribution in [0.5, 0.6) is 5.75 Å². The molecule has 7 rings (SSSR count). The Morgan fingerprint density at radius 1 is 1.06 bits per heavy atom. The molecule has 2 aliphatic rings. The molecule has 1 atom stereocenters. The highest BCUT2D eigenvalue weighted by Crippen LogP contribution is 2.43. The lowest BCUT2D eigenvalue weighted by Crippen LogP contribution is -2.38. The molecule has 1 aliphatic carbocycles. The lowest BCUT2D eigenvalue weighted by atomic mass is 9.68. The summed E-state index contributed by atoms with van der Waals surface area (Å²) < 4.78 is 34.2. The standard InChI is InChI=1S/C45H55ClFN9O5S/c1-3-6-31(2)56-29-32-27-33(11-12-36(32)43(56)58)51-41(57)15-18-48-19-22-59-24-25-60-23-21-55-30-39(53-54-55)45(28-34-7-4-10-40(50-34)52-44-49-20-26-62-44)16-13-35(14-17-45)61-38-9-5-8-37(46)42(38)47/h4-5,7-12,20,26-27,30-31,35,48H,3,6,13-19,21-25,28-29H2,1-2H3,(H,51,57)(H,49,50,52)/t31?,35-,45-. The van der Waals surface area contributed by atoms with Crippen LogP contribution in [-0.4, -0.2) is 93.3 Å². The predicted molar refractivity (Wildman–Crippen MR) is 238 cm³/mol. The Morgan fingerprint density at radius 2 is 1.89 bits per heavy atom. The molecule has 2 aromatic carbocycles. The van der Waals surface area contributed by atoms with Crippen LogP contribution in [0.4, 0.5) is 21.0 Å². The Kier molecular flexibility index (Phi) is 15.9. The third kappa shape index (κ3) is 11.9. The van der Waals surface area contributed by atoms with E-state index in [0.29, 0.717) is 84.0 Å². The molecule has 5 aromatic rings. The first-order chi connectivity index (χ1) is 30.2. The third-order valence-corrected chi connectivity index (χ3v) is 12.4. The number of aromatic nitrogens is 5. The summed E-state index contributed by atoms with van der Waals surface area (Å²) in [6.45, 7) is 8.24. The highest BCUT2D eigenvalue weighted by atomic mass is 35.5. The summed E-state index contributed by atoms with van der Waals surface area (Å²) in [4.78, 5) is 36.5. The van der Waals surface area contributed by atoms with Gasteiger partial charge in [-0.25, -0.2) is 19.0 Å². The molecule has 0 radical (unpaired) electrons. The van der Waals surface area contributed by atoms with Crippen LogP contribution >= 0.6 is 22.9 Å². The van der Waals surface area contributed by atoms with E-state index in [1.54, 1.807) is 24.4 Å². The van der Waals surface area contributed by atoms with Crippen LogP contribution in [0.15, 0.2) is 72.4 Å². The fraction of sp³-hybridized carbons (Fsp3) is 0.467. The zero-order valence-corrected chi connectivity index (χ0v) is 36.9. The van der Waals surface area contributed by atoms with E-state index in [-0.39, 0.29) is 40.1 Å². The van der Waals surface area contributed by atoms with Gasteiger partial charge in [-0.3, -0.25) is 9.59 Å². The van der Waals surface area contributed by atoms with Crippen molar-refractivity contribution in [2.45, 2.75) is 95.9 Å². The molecule has 3 N–H and O–H groups in total. The van der Waals surface area contributed by atoms with E-state index in [2.05, 4.69) is 45.1 Å². The number of thiazole rings is 1. The van der Waals surface area contributed by atoms with Crippen LogP contribution in [0.2, 0.25) is 5.02 Å². The van der Waals surface area contributed by atoms with Gasteiger partial charge in [0, 0.05) is 78.7 Å². The van der Waals surface area contributed by atoms with Crippen molar-refractivity contribution in [3.05, 3.63) is 106 Å². The quantitative estimate of drug-likeness (QED) is 0.0547. The number of fused-ring (bicyclic) bond motifs is 1. The Labute approximate surface area is 370 Å². The maximum absolute atomic E-state index is 14.7. The Hall–Kier alpha value is -5.00. The molecule has 3 aromatic heterocycles. The number of nitrogens with one attached hydrogen (secondary N) is 3. The SMILES string of the molecule is CCCC(C)N1Cc2cc(NC(=O)CCNCCOCCOCCn3cc([C@]4(Cc5cccc(Nc6nccs6)n5)CC[C@@H](Oc5cccc(Cl)c5F)CC4)nn3)ccc2C1=O. The van der Waals surface area contributed by atoms with Crippen molar-refractivity contribution in [2.24, 2.45) is 0 Å². The smallest absolute Gasteiger partial charge is 0.254 e. The number of hydrogen-bond donors (Lipinski definition) is 3. The Bertz CT molecular complexity index is 2240. The van der Waals surface area contributed by atoms with Crippen LogP contribution in [0.3, 0.4) is 0 Å². The van der Waals surface area contributed by atoms with E-state index in [4.69, 9.17) is 30.8 Å². The van der Waals surface area contributed by atoms with Crippen molar-refractivity contribution in [1.82, 2.24) is 35.2 Å². The van der Waals surface area contributed by atoms with E-state index in [0.717, 1.165) is 59.1 Å². The molecule has 14 nitrogen and oxygen atoms in total. The van der Waals surface area contributed by atoms with Crippen molar-refractivity contribution in [1.29, 1.82) is 0 Å².